The average molecular weight is 264 g/mol. The van der Waals surface area contributed by atoms with Crippen LogP contribution in [0.25, 0.3) is 0 Å². The highest BCUT2D eigenvalue weighted by molar-refractivity contribution is 6.30. The molecular formula is C14H11ClFNO. The molecule has 18 heavy (non-hydrogen) atoms. The lowest BCUT2D eigenvalue weighted by Gasteiger charge is -2.06. The first-order valence-electron chi connectivity index (χ1n) is 5.41. The van der Waals surface area contributed by atoms with Crippen molar-refractivity contribution in [3.63, 3.8) is 0 Å². The second-order valence-corrected chi connectivity index (χ2v) is 4.23. The molecule has 2 rings (SSSR count). The molecule has 2 aromatic rings. The van der Waals surface area contributed by atoms with Crippen LogP contribution in [0.5, 0.6) is 0 Å². The summed E-state index contributed by atoms with van der Waals surface area (Å²) in [6.45, 7) is -0.585. The smallest absolute Gasteiger partial charge is 0.255 e. The summed E-state index contributed by atoms with van der Waals surface area (Å²) < 4.78 is 12.5. The Morgan fingerprint density at radius 1 is 1.17 bits per heavy atom. The number of hydrogen-bond donors (Lipinski definition) is 1. The molecule has 0 aliphatic rings. The lowest BCUT2D eigenvalue weighted by molar-refractivity contribution is 0.102. The molecule has 0 bridgehead atoms. The van der Waals surface area contributed by atoms with Crippen LogP contribution >= 0.6 is 11.6 Å². The standard InChI is InChI=1S/C14H11ClFNO/c15-12-5-2-6-13(8-12)17-14(18)11-4-1-3-10(7-11)9-16/h1-8H,9H2,(H,17,18). The van der Waals surface area contributed by atoms with Crippen LogP contribution in [-0.4, -0.2) is 5.91 Å². The average Bonchev–Trinajstić information content (AvgIpc) is 2.39. The summed E-state index contributed by atoms with van der Waals surface area (Å²) in [6.07, 6.45) is 0. The number of halogens is 2. The number of benzene rings is 2. The van der Waals surface area contributed by atoms with Crippen molar-refractivity contribution < 1.29 is 9.18 Å². The lowest BCUT2D eigenvalue weighted by atomic mass is 10.1. The van der Waals surface area contributed by atoms with E-state index in [1.807, 2.05) is 0 Å². The van der Waals surface area contributed by atoms with Gasteiger partial charge in [0.05, 0.1) is 0 Å². The topological polar surface area (TPSA) is 29.1 Å². The summed E-state index contributed by atoms with van der Waals surface area (Å²) in [5.41, 5.74) is 1.51. The monoisotopic (exact) mass is 263 g/mol. The van der Waals surface area contributed by atoms with Gasteiger partial charge in [-0.2, -0.15) is 0 Å². The van der Waals surface area contributed by atoms with Gasteiger partial charge in [-0.25, -0.2) is 4.39 Å². The Bertz CT molecular complexity index is 571. The molecule has 1 amide bonds. The van der Waals surface area contributed by atoms with Gasteiger partial charge in [-0.3, -0.25) is 4.79 Å². The minimum atomic E-state index is -0.585. The second kappa shape index (κ2) is 5.65. The summed E-state index contributed by atoms with van der Waals surface area (Å²) >= 11 is 5.82. The van der Waals surface area contributed by atoms with Gasteiger partial charge in [0, 0.05) is 16.3 Å². The summed E-state index contributed by atoms with van der Waals surface area (Å²) in [6, 6.07) is 13.3. The molecule has 2 aromatic carbocycles. The fourth-order valence-electron chi connectivity index (χ4n) is 1.57. The van der Waals surface area contributed by atoms with Crippen molar-refractivity contribution in [2.24, 2.45) is 0 Å². The van der Waals surface area contributed by atoms with Crippen molar-refractivity contribution in [2.75, 3.05) is 5.32 Å². The summed E-state index contributed by atoms with van der Waals surface area (Å²) in [5, 5.41) is 3.25. The third kappa shape index (κ3) is 3.08. The Kier molecular flexibility index (Phi) is 3.95. The van der Waals surface area contributed by atoms with Crippen molar-refractivity contribution in [3.8, 4) is 0 Å². The number of alkyl halides is 1. The number of carbonyl (C=O) groups is 1. The molecule has 0 saturated carbocycles. The van der Waals surface area contributed by atoms with Crippen LogP contribution in [0.2, 0.25) is 5.02 Å². The van der Waals surface area contributed by atoms with E-state index < -0.39 is 6.67 Å². The molecule has 0 aliphatic carbocycles. The zero-order valence-corrected chi connectivity index (χ0v) is 10.2. The Labute approximate surface area is 109 Å². The molecule has 0 atom stereocenters. The van der Waals surface area contributed by atoms with Crippen LogP contribution in [0.1, 0.15) is 15.9 Å². The highest BCUT2D eigenvalue weighted by Crippen LogP contribution is 2.16. The molecule has 0 radical (unpaired) electrons. The van der Waals surface area contributed by atoms with E-state index in [0.29, 0.717) is 21.8 Å². The molecule has 0 saturated heterocycles. The second-order valence-electron chi connectivity index (χ2n) is 3.80. The van der Waals surface area contributed by atoms with Crippen molar-refractivity contribution in [1.82, 2.24) is 0 Å². The van der Waals surface area contributed by atoms with Crippen molar-refractivity contribution in [2.45, 2.75) is 6.67 Å². The highest BCUT2D eigenvalue weighted by atomic mass is 35.5. The number of carbonyl (C=O) groups excluding carboxylic acids is 1. The van der Waals surface area contributed by atoms with E-state index in [0.717, 1.165) is 0 Å². The Morgan fingerprint density at radius 3 is 2.67 bits per heavy atom. The van der Waals surface area contributed by atoms with Gasteiger partial charge in [0.25, 0.3) is 5.91 Å². The molecular weight excluding hydrogens is 253 g/mol. The first kappa shape index (κ1) is 12.6. The minimum Gasteiger partial charge on any atom is -0.322 e. The van der Waals surface area contributed by atoms with Gasteiger partial charge >= 0.3 is 0 Å². The first-order valence-corrected chi connectivity index (χ1v) is 5.78. The van der Waals surface area contributed by atoms with Gasteiger partial charge in [0.2, 0.25) is 0 Å². The van der Waals surface area contributed by atoms with Gasteiger partial charge < -0.3 is 5.32 Å². The molecule has 92 valence electrons. The van der Waals surface area contributed by atoms with Crippen LogP contribution in [0.4, 0.5) is 10.1 Å². The largest absolute Gasteiger partial charge is 0.322 e. The molecule has 0 heterocycles. The fourth-order valence-corrected chi connectivity index (χ4v) is 1.76. The summed E-state index contributed by atoms with van der Waals surface area (Å²) in [4.78, 5) is 11.9. The van der Waals surface area contributed by atoms with E-state index in [1.54, 1.807) is 42.5 Å². The minimum absolute atomic E-state index is 0.285. The Morgan fingerprint density at radius 2 is 1.94 bits per heavy atom. The highest BCUT2D eigenvalue weighted by Gasteiger charge is 2.06. The molecule has 4 heteroatoms. The molecule has 0 aliphatic heterocycles. The van der Waals surface area contributed by atoms with Crippen molar-refractivity contribution >= 4 is 23.2 Å². The van der Waals surface area contributed by atoms with Gasteiger partial charge in [-0.05, 0) is 35.9 Å². The predicted octanol–water partition coefficient (Wildman–Crippen LogP) is 4.06. The third-order valence-electron chi connectivity index (χ3n) is 2.43. The van der Waals surface area contributed by atoms with E-state index in [1.165, 1.54) is 6.07 Å². The summed E-state index contributed by atoms with van der Waals surface area (Å²) in [5.74, 6) is -0.285. The number of amides is 1. The van der Waals surface area contributed by atoms with Gasteiger partial charge in [-0.15, -0.1) is 0 Å². The molecule has 2 nitrogen and oxygen atoms in total. The van der Waals surface area contributed by atoms with Crippen molar-refractivity contribution in [3.05, 3.63) is 64.7 Å². The Hall–Kier alpha value is -1.87. The summed E-state index contributed by atoms with van der Waals surface area (Å²) in [7, 11) is 0. The normalized spacial score (nSPS) is 10.1. The maximum atomic E-state index is 12.5. The molecule has 0 unspecified atom stereocenters. The van der Waals surface area contributed by atoms with E-state index in [4.69, 9.17) is 11.6 Å². The lowest BCUT2D eigenvalue weighted by Crippen LogP contribution is -2.11. The predicted molar refractivity (Wildman–Crippen MR) is 70.7 cm³/mol. The number of rotatable bonds is 3. The van der Waals surface area contributed by atoms with Crippen LogP contribution in [-0.2, 0) is 6.67 Å². The van der Waals surface area contributed by atoms with Gasteiger partial charge in [0.15, 0.2) is 0 Å². The van der Waals surface area contributed by atoms with Crippen LogP contribution in [0, 0.1) is 0 Å². The number of anilines is 1. The third-order valence-corrected chi connectivity index (χ3v) is 2.66. The van der Waals surface area contributed by atoms with E-state index in [9.17, 15) is 9.18 Å². The molecule has 0 aromatic heterocycles. The van der Waals surface area contributed by atoms with Gasteiger partial charge in [0.1, 0.15) is 6.67 Å². The van der Waals surface area contributed by atoms with E-state index >= 15 is 0 Å². The van der Waals surface area contributed by atoms with Crippen LogP contribution in [0.3, 0.4) is 0 Å². The zero-order valence-electron chi connectivity index (χ0n) is 9.49. The quantitative estimate of drug-likeness (QED) is 0.889. The zero-order chi connectivity index (χ0) is 13.0. The molecule has 0 fully saturated rings. The SMILES string of the molecule is O=C(Nc1cccc(Cl)c1)c1cccc(CF)c1. The van der Waals surface area contributed by atoms with Crippen molar-refractivity contribution in [1.29, 1.82) is 0 Å². The Balaban J connectivity index is 2.16. The van der Waals surface area contributed by atoms with E-state index in [-0.39, 0.29) is 5.91 Å². The number of nitrogens with one attached hydrogen (secondary N) is 1. The van der Waals surface area contributed by atoms with Crippen LogP contribution in [0.15, 0.2) is 48.5 Å². The molecule has 1 N–H and O–H groups in total. The molecule has 0 spiro atoms. The number of hydrogen-bond acceptors (Lipinski definition) is 1. The van der Waals surface area contributed by atoms with E-state index in [2.05, 4.69) is 5.32 Å². The first-order chi connectivity index (χ1) is 8.69. The maximum Gasteiger partial charge on any atom is 0.255 e. The maximum absolute atomic E-state index is 12.5. The fraction of sp³-hybridized carbons (Fsp3) is 0.0714. The van der Waals surface area contributed by atoms with Gasteiger partial charge in [-0.1, -0.05) is 29.8 Å². The van der Waals surface area contributed by atoms with Crippen LogP contribution < -0.4 is 5.32 Å².